The molecule has 1 heterocycles. The number of aromatic carboxylic acids is 1. The molecule has 1 N–H and O–H groups in total. The summed E-state index contributed by atoms with van der Waals surface area (Å²) in [6, 6.07) is 0. The number of carboxylic acid groups (broad SMARTS) is 1. The van der Waals surface area contributed by atoms with Gasteiger partial charge in [0.25, 0.3) is 0 Å². The first-order valence-electron chi connectivity index (χ1n) is 3.73. The average molecular weight is 200 g/mol. The lowest BCUT2D eigenvalue weighted by molar-refractivity contribution is -0.107. The van der Waals surface area contributed by atoms with Crippen molar-refractivity contribution in [2.45, 2.75) is 19.3 Å². The van der Waals surface area contributed by atoms with E-state index in [9.17, 15) is 9.59 Å². The minimum atomic E-state index is -1.06. The zero-order chi connectivity index (χ0) is 9.68. The summed E-state index contributed by atoms with van der Waals surface area (Å²) < 4.78 is 0. The molecular formula is C7H8N2O3S. The van der Waals surface area contributed by atoms with Crippen LogP contribution in [0.25, 0.3) is 0 Å². The maximum Gasteiger partial charge on any atom is 0.367 e. The second kappa shape index (κ2) is 4.66. The maximum absolute atomic E-state index is 10.4. The lowest BCUT2D eigenvalue weighted by atomic mass is 10.3. The van der Waals surface area contributed by atoms with E-state index in [1.165, 1.54) is 0 Å². The lowest BCUT2D eigenvalue weighted by Gasteiger charge is -1.87. The second-order valence-electron chi connectivity index (χ2n) is 2.37. The van der Waals surface area contributed by atoms with Crippen LogP contribution in [0.3, 0.4) is 0 Å². The summed E-state index contributed by atoms with van der Waals surface area (Å²) in [5, 5.41) is 16.3. The molecule has 0 saturated carbocycles. The van der Waals surface area contributed by atoms with Gasteiger partial charge in [-0.1, -0.05) is 11.3 Å². The minimum absolute atomic E-state index is 0.00102. The number of aromatic nitrogens is 2. The molecule has 0 aliphatic heterocycles. The third-order valence-corrected chi connectivity index (χ3v) is 2.33. The molecule has 0 spiro atoms. The van der Waals surface area contributed by atoms with Gasteiger partial charge in [-0.3, -0.25) is 0 Å². The van der Waals surface area contributed by atoms with Gasteiger partial charge in [0.2, 0.25) is 5.01 Å². The van der Waals surface area contributed by atoms with E-state index in [1.807, 2.05) is 0 Å². The van der Waals surface area contributed by atoms with Crippen molar-refractivity contribution in [1.82, 2.24) is 10.2 Å². The zero-order valence-corrected chi connectivity index (χ0v) is 7.58. The number of unbranched alkanes of at least 4 members (excludes halogenated alkanes) is 1. The average Bonchev–Trinajstić information content (AvgIpc) is 2.53. The summed E-state index contributed by atoms with van der Waals surface area (Å²) in [7, 11) is 0. The van der Waals surface area contributed by atoms with Gasteiger partial charge in [-0.25, -0.2) is 4.79 Å². The van der Waals surface area contributed by atoms with Gasteiger partial charge in [0.05, 0.1) is 0 Å². The molecule has 1 rings (SSSR count). The van der Waals surface area contributed by atoms with Gasteiger partial charge in [-0.15, -0.1) is 10.2 Å². The van der Waals surface area contributed by atoms with Crippen molar-refractivity contribution >= 4 is 23.6 Å². The molecule has 0 unspecified atom stereocenters. The first kappa shape index (κ1) is 9.79. The fraction of sp³-hybridized carbons (Fsp3) is 0.429. The second-order valence-corrected chi connectivity index (χ2v) is 3.43. The lowest BCUT2D eigenvalue weighted by Crippen LogP contribution is -1.93. The van der Waals surface area contributed by atoms with Crippen LogP contribution in [0.1, 0.15) is 27.7 Å². The van der Waals surface area contributed by atoms with Crippen LogP contribution in [0, 0.1) is 0 Å². The van der Waals surface area contributed by atoms with Crippen molar-refractivity contribution in [3.05, 3.63) is 10.0 Å². The van der Waals surface area contributed by atoms with Crippen molar-refractivity contribution in [1.29, 1.82) is 0 Å². The standard InChI is InChI=1S/C7H8N2O3S/c10-4-2-1-3-5-8-9-6(13-5)7(11)12/h4H,1-3H2,(H,11,12). The number of carbonyl (C=O) groups excluding carboxylic acids is 1. The molecule has 0 aliphatic carbocycles. The Kier molecular flexibility index (Phi) is 3.51. The number of nitrogens with zero attached hydrogens (tertiary/aromatic N) is 2. The molecule has 0 amide bonds. The number of rotatable bonds is 5. The molecule has 0 radical (unpaired) electrons. The highest BCUT2D eigenvalue weighted by molar-refractivity contribution is 7.13. The van der Waals surface area contributed by atoms with Crippen molar-refractivity contribution in [3.8, 4) is 0 Å². The summed E-state index contributed by atoms with van der Waals surface area (Å²) in [5.74, 6) is -1.06. The molecule has 0 fully saturated rings. The summed E-state index contributed by atoms with van der Waals surface area (Å²) in [4.78, 5) is 20.4. The highest BCUT2D eigenvalue weighted by atomic mass is 32.1. The van der Waals surface area contributed by atoms with Gasteiger partial charge in [-0.2, -0.15) is 0 Å². The zero-order valence-electron chi connectivity index (χ0n) is 6.77. The first-order chi connectivity index (χ1) is 6.24. The molecule has 0 aromatic carbocycles. The fourth-order valence-electron chi connectivity index (χ4n) is 0.778. The molecule has 1 aromatic rings. The van der Waals surface area contributed by atoms with E-state index in [-0.39, 0.29) is 5.01 Å². The Labute approximate surface area is 78.4 Å². The molecule has 0 aliphatic rings. The third kappa shape index (κ3) is 2.90. The van der Waals surface area contributed by atoms with Gasteiger partial charge < -0.3 is 9.90 Å². The molecule has 13 heavy (non-hydrogen) atoms. The smallest absolute Gasteiger partial charge is 0.367 e. The summed E-state index contributed by atoms with van der Waals surface area (Å²) in [6.45, 7) is 0. The van der Waals surface area contributed by atoms with Gasteiger partial charge in [0.15, 0.2) is 0 Å². The van der Waals surface area contributed by atoms with Crippen molar-refractivity contribution in [2.24, 2.45) is 0 Å². The van der Waals surface area contributed by atoms with E-state index in [2.05, 4.69) is 10.2 Å². The SMILES string of the molecule is O=CCCCc1nnc(C(=O)O)s1. The molecule has 0 saturated heterocycles. The summed E-state index contributed by atoms with van der Waals surface area (Å²) >= 11 is 1.05. The van der Waals surface area contributed by atoms with Crippen LogP contribution >= 0.6 is 11.3 Å². The van der Waals surface area contributed by atoms with Crippen LogP contribution in [-0.2, 0) is 11.2 Å². The summed E-state index contributed by atoms with van der Waals surface area (Å²) in [6.07, 6.45) is 2.61. The molecule has 5 nitrogen and oxygen atoms in total. The third-order valence-electron chi connectivity index (χ3n) is 1.36. The van der Waals surface area contributed by atoms with Crippen LogP contribution < -0.4 is 0 Å². The number of hydrogen-bond acceptors (Lipinski definition) is 5. The number of carboxylic acids is 1. The van der Waals surface area contributed by atoms with Crippen LogP contribution in [0.4, 0.5) is 0 Å². The summed E-state index contributed by atoms with van der Waals surface area (Å²) in [5.41, 5.74) is 0. The molecular weight excluding hydrogens is 192 g/mol. The van der Waals surface area contributed by atoms with Crippen molar-refractivity contribution in [3.63, 3.8) is 0 Å². The normalized spacial score (nSPS) is 9.85. The largest absolute Gasteiger partial charge is 0.476 e. The van der Waals surface area contributed by atoms with Crippen molar-refractivity contribution in [2.75, 3.05) is 0 Å². The predicted octanol–water partition coefficient (Wildman–Crippen LogP) is 0.758. The van der Waals surface area contributed by atoms with Gasteiger partial charge >= 0.3 is 5.97 Å². The van der Waals surface area contributed by atoms with Gasteiger partial charge in [-0.05, 0) is 6.42 Å². The molecule has 1 aromatic heterocycles. The van der Waals surface area contributed by atoms with E-state index in [0.29, 0.717) is 24.3 Å². The van der Waals surface area contributed by atoms with E-state index < -0.39 is 5.97 Å². The van der Waals surface area contributed by atoms with Crippen LogP contribution in [0.15, 0.2) is 0 Å². The Hall–Kier alpha value is -1.30. The van der Waals surface area contributed by atoms with Crippen LogP contribution in [0.2, 0.25) is 0 Å². The van der Waals surface area contributed by atoms with E-state index in [1.54, 1.807) is 0 Å². The van der Waals surface area contributed by atoms with E-state index in [4.69, 9.17) is 5.11 Å². The van der Waals surface area contributed by atoms with Crippen LogP contribution in [0.5, 0.6) is 0 Å². The minimum Gasteiger partial charge on any atom is -0.476 e. The monoisotopic (exact) mass is 200 g/mol. The molecule has 6 heteroatoms. The Bertz CT molecular complexity index is 310. The fourth-order valence-corrected chi connectivity index (χ4v) is 1.50. The quantitative estimate of drug-likeness (QED) is 0.560. The highest BCUT2D eigenvalue weighted by Crippen LogP contribution is 2.11. The maximum atomic E-state index is 10.4. The Morgan fingerprint density at radius 2 is 2.31 bits per heavy atom. The van der Waals surface area contributed by atoms with Crippen molar-refractivity contribution < 1.29 is 14.7 Å². The number of carbonyl (C=O) groups is 2. The molecule has 70 valence electrons. The van der Waals surface area contributed by atoms with Crippen LogP contribution in [-0.4, -0.2) is 27.6 Å². The van der Waals surface area contributed by atoms with Gasteiger partial charge in [0.1, 0.15) is 11.3 Å². The van der Waals surface area contributed by atoms with Gasteiger partial charge in [0, 0.05) is 12.8 Å². The molecule has 0 bridgehead atoms. The number of aldehydes is 1. The first-order valence-corrected chi connectivity index (χ1v) is 4.55. The Morgan fingerprint density at radius 3 is 2.85 bits per heavy atom. The number of hydrogen-bond donors (Lipinski definition) is 1. The molecule has 0 atom stereocenters. The van der Waals surface area contributed by atoms with E-state index >= 15 is 0 Å². The predicted molar refractivity (Wildman–Crippen MR) is 45.9 cm³/mol. The topological polar surface area (TPSA) is 80.2 Å². The number of aryl methyl sites for hydroxylation is 1. The van der Waals surface area contributed by atoms with E-state index in [0.717, 1.165) is 17.6 Å². The highest BCUT2D eigenvalue weighted by Gasteiger charge is 2.09. The Morgan fingerprint density at radius 1 is 1.54 bits per heavy atom. The Balaban J connectivity index is 2.49.